The molecule has 220 valence electrons. The van der Waals surface area contributed by atoms with E-state index in [0.29, 0.717) is 0 Å². The van der Waals surface area contributed by atoms with E-state index in [1.165, 1.54) is 0 Å². The summed E-state index contributed by atoms with van der Waals surface area (Å²) in [7, 11) is 0. The molecule has 0 bridgehead atoms. The van der Waals surface area contributed by atoms with Gasteiger partial charge in [0, 0.05) is 11.1 Å². The molecule has 0 unspecified atom stereocenters. The minimum absolute atomic E-state index is 0.774. The Bertz CT molecular complexity index is 1420. The minimum Gasteiger partial charge on any atom is -0.423 e. The second-order valence-electron chi connectivity index (χ2n) is 12.8. The van der Waals surface area contributed by atoms with Crippen LogP contribution < -0.4 is 0 Å². The van der Waals surface area contributed by atoms with Crippen LogP contribution in [0.2, 0.25) is 0 Å². The Morgan fingerprint density at radius 1 is 0.500 bits per heavy atom. The van der Waals surface area contributed by atoms with Crippen molar-refractivity contribution in [2.75, 3.05) is 0 Å². The standard InChI is InChI=1S/C37H42O5/c1-34(2,39)27-21-17-25(18-22-27)29-13-9-11-15-31(29)36(5,6)41-33(38)42-37(7,8)32-16-12-10-14-30(32)26-19-23-28(24-20-26)35(3,4)40/h9-24,39-40H,1-8H3. The van der Waals surface area contributed by atoms with Crippen molar-refractivity contribution in [3.05, 3.63) is 119 Å². The van der Waals surface area contributed by atoms with Crippen LogP contribution in [0.5, 0.6) is 0 Å². The van der Waals surface area contributed by atoms with E-state index in [9.17, 15) is 15.0 Å². The van der Waals surface area contributed by atoms with E-state index < -0.39 is 28.6 Å². The molecule has 5 nitrogen and oxygen atoms in total. The number of ether oxygens (including phenoxy) is 2. The smallest absolute Gasteiger partial charge is 0.423 e. The molecule has 4 aromatic rings. The molecule has 5 heteroatoms. The van der Waals surface area contributed by atoms with Crippen molar-refractivity contribution in [2.24, 2.45) is 0 Å². The lowest BCUT2D eigenvalue weighted by Crippen LogP contribution is -2.32. The highest BCUT2D eigenvalue weighted by atomic mass is 16.7. The topological polar surface area (TPSA) is 76.0 Å². The Hall–Kier alpha value is -3.93. The van der Waals surface area contributed by atoms with Gasteiger partial charge in [0.2, 0.25) is 0 Å². The lowest BCUT2D eigenvalue weighted by atomic mass is 9.88. The molecule has 0 heterocycles. The Balaban J connectivity index is 1.57. The first-order valence-electron chi connectivity index (χ1n) is 14.3. The fraction of sp³-hybridized carbons (Fsp3) is 0.324. The Morgan fingerprint density at radius 3 is 1.12 bits per heavy atom. The molecule has 0 amide bonds. The molecule has 4 rings (SSSR count). The third-order valence-corrected chi connectivity index (χ3v) is 7.63. The summed E-state index contributed by atoms with van der Waals surface area (Å²) in [6, 6.07) is 31.1. The molecule has 0 radical (unpaired) electrons. The van der Waals surface area contributed by atoms with Crippen molar-refractivity contribution < 1.29 is 24.5 Å². The highest BCUT2D eigenvalue weighted by molar-refractivity contribution is 5.72. The van der Waals surface area contributed by atoms with Gasteiger partial charge >= 0.3 is 6.16 Å². The number of benzene rings is 4. The SMILES string of the molecule is CC(C)(O)c1ccc(-c2ccccc2C(C)(C)OC(=O)OC(C)(C)c2ccccc2-c2ccc(C(C)(C)O)cc2)cc1. The maximum Gasteiger partial charge on any atom is 0.510 e. The molecule has 0 atom stereocenters. The van der Waals surface area contributed by atoms with Gasteiger partial charge in [-0.1, -0.05) is 97.1 Å². The Morgan fingerprint density at radius 2 is 0.810 bits per heavy atom. The van der Waals surface area contributed by atoms with Crippen LogP contribution in [0.4, 0.5) is 4.79 Å². The van der Waals surface area contributed by atoms with E-state index in [1.807, 2.05) is 125 Å². The predicted molar refractivity (Wildman–Crippen MR) is 168 cm³/mol. The van der Waals surface area contributed by atoms with Crippen molar-refractivity contribution >= 4 is 6.16 Å². The fourth-order valence-electron chi connectivity index (χ4n) is 5.18. The lowest BCUT2D eigenvalue weighted by molar-refractivity contribution is -0.0630. The van der Waals surface area contributed by atoms with E-state index >= 15 is 0 Å². The van der Waals surface area contributed by atoms with Gasteiger partial charge in [-0.3, -0.25) is 0 Å². The molecule has 0 saturated heterocycles. The summed E-state index contributed by atoms with van der Waals surface area (Å²) in [6.45, 7) is 14.4. The van der Waals surface area contributed by atoms with Gasteiger partial charge in [0.15, 0.2) is 0 Å². The monoisotopic (exact) mass is 566 g/mol. The van der Waals surface area contributed by atoms with Gasteiger partial charge in [-0.05, 0) is 88.8 Å². The van der Waals surface area contributed by atoms with Gasteiger partial charge in [0.05, 0.1) is 11.2 Å². The number of aliphatic hydroxyl groups is 2. The number of hydrogen-bond acceptors (Lipinski definition) is 5. The first-order valence-corrected chi connectivity index (χ1v) is 14.3. The third kappa shape index (κ3) is 6.92. The maximum absolute atomic E-state index is 13.3. The van der Waals surface area contributed by atoms with Gasteiger partial charge in [-0.2, -0.15) is 0 Å². The molecule has 2 N–H and O–H groups in total. The van der Waals surface area contributed by atoms with Crippen LogP contribution in [-0.2, 0) is 31.9 Å². The van der Waals surface area contributed by atoms with Crippen molar-refractivity contribution in [3.63, 3.8) is 0 Å². The van der Waals surface area contributed by atoms with Crippen LogP contribution in [-0.4, -0.2) is 16.4 Å². The van der Waals surface area contributed by atoms with Crippen molar-refractivity contribution in [1.29, 1.82) is 0 Å². The van der Waals surface area contributed by atoms with E-state index in [1.54, 1.807) is 27.7 Å². The van der Waals surface area contributed by atoms with Gasteiger partial charge < -0.3 is 19.7 Å². The molecule has 0 aromatic heterocycles. The molecule has 4 aromatic carbocycles. The molecular weight excluding hydrogens is 524 g/mol. The quantitative estimate of drug-likeness (QED) is 0.208. The van der Waals surface area contributed by atoms with Crippen LogP contribution in [0.3, 0.4) is 0 Å². The number of hydrogen-bond donors (Lipinski definition) is 2. The Kier molecular flexibility index (Phi) is 8.41. The average Bonchev–Trinajstić information content (AvgIpc) is 2.91. The molecular formula is C37H42O5. The summed E-state index contributed by atoms with van der Waals surface area (Å²) in [4.78, 5) is 13.3. The van der Waals surface area contributed by atoms with E-state index in [4.69, 9.17) is 9.47 Å². The van der Waals surface area contributed by atoms with Gasteiger partial charge in [0.25, 0.3) is 0 Å². The first-order chi connectivity index (χ1) is 19.5. The van der Waals surface area contributed by atoms with E-state index in [2.05, 4.69) is 0 Å². The minimum atomic E-state index is -0.995. The molecule has 0 spiro atoms. The fourth-order valence-corrected chi connectivity index (χ4v) is 5.18. The summed E-state index contributed by atoms with van der Waals surface area (Å²) in [6.07, 6.45) is -0.774. The zero-order valence-corrected chi connectivity index (χ0v) is 25.9. The lowest BCUT2D eigenvalue weighted by Gasteiger charge is -2.32. The number of carbonyl (C=O) groups is 1. The second kappa shape index (κ2) is 11.4. The van der Waals surface area contributed by atoms with Crippen LogP contribution in [0.15, 0.2) is 97.1 Å². The summed E-state index contributed by atoms with van der Waals surface area (Å²) in [5, 5.41) is 20.7. The molecule has 0 saturated carbocycles. The first kappa shape index (κ1) is 31.0. The zero-order valence-electron chi connectivity index (χ0n) is 25.9. The van der Waals surface area contributed by atoms with Gasteiger partial charge in [0.1, 0.15) is 11.2 Å². The van der Waals surface area contributed by atoms with Crippen LogP contribution in [0, 0.1) is 0 Å². The van der Waals surface area contributed by atoms with E-state index in [-0.39, 0.29) is 0 Å². The maximum atomic E-state index is 13.3. The molecule has 0 aliphatic rings. The van der Waals surface area contributed by atoms with Gasteiger partial charge in [-0.15, -0.1) is 0 Å². The number of rotatable bonds is 8. The average molecular weight is 567 g/mol. The summed E-state index contributed by atoms with van der Waals surface area (Å²) in [5.41, 5.74) is 3.21. The Labute approximate surface area is 249 Å². The molecule has 0 aliphatic carbocycles. The highest BCUT2D eigenvalue weighted by Gasteiger charge is 2.34. The second-order valence-corrected chi connectivity index (χ2v) is 12.8. The molecule has 0 fully saturated rings. The zero-order chi connectivity index (χ0) is 30.9. The van der Waals surface area contributed by atoms with Crippen LogP contribution in [0.25, 0.3) is 22.3 Å². The van der Waals surface area contributed by atoms with E-state index in [0.717, 1.165) is 44.5 Å². The predicted octanol–water partition coefficient (Wildman–Crippen LogP) is 8.80. The van der Waals surface area contributed by atoms with Crippen molar-refractivity contribution in [1.82, 2.24) is 0 Å². The molecule has 42 heavy (non-hydrogen) atoms. The van der Waals surface area contributed by atoms with Crippen LogP contribution >= 0.6 is 0 Å². The van der Waals surface area contributed by atoms with Crippen molar-refractivity contribution in [3.8, 4) is 22.3 Å². The largest absolute Gasteiger partial charge is 0.510 e. The van der Waals surface area contributed by atoms with Crippen LogP contribution in [0.1, 0.15) is 77.6 Å². The molecule has 0 aliphatic heterocycles. The third-order valence-electron chi connectivity index (χ3n) is 7.63. The summed E-state index contributed by atoms with van der Waals surface area (Å²) >= 11 is 0. The summed E-state index contributed by atoms with van der Waals surface area (Å²) in [5.74, 6) is 0. The highest BCUT2D eigenvalue weighted by Crippen LogP contribution is 2.38. The van der Waals surface area contributed by atoms with Crippen molar-refractivity contribution in [2.45, 2.75) is 77.8 Å². The summed E-state index contributed by atoms with van der Waals surface area (Å²) < 4.78 is 12.0. The number of carbonyl (C=O) groups excluding carboxylic acids is 1. The normalized spacial score (nSPS) is 12.6. The van der Waals surface area contributed by atoms with Gasteiger partial charge in [-0.25, -0.2) is 4.79 Å².